The molecule has 0 saturated heterocycles. The molecule has 3 aromatic carbocycles. The minimum atomic E-state index is -0.554. The van der Waals surface area contributed by atoms with Gasteiger partial charge in [-0.05, 0) is 47.9 Å². The summed E-state index contributed by atoms with van der Waals surface area (Å²) in [5.41, 5.74) is 3.06. The van der Waals surface area contributed by atoms with Crippen LogP contribution in [0.15, 0.2) is 72.8 Å². The molecule has 0 aromatic heterocycles. The SMILES string of the molecule is O=C1CN(C(=O)CCc2ccccc2)[C@H](c2ccc(F)cc2)c2cc(Cl)ccc2N1. The van der Waals surface area contributed by atoms with Crippen molar-refractivity contribution in [2.24, 2.45) is 0 Å². The van der Waals surface area contributed by atoms with E-state index in [4.69, 9.17) is 11.6 Å². The largest absolute Gasteiger partial charge is 0.324 e. The zero-order valence-corrected chi connectivity index (χ0v) is 16.9. The van der Waals surface area contributed by atoms with Gasteiger partial charge in [0.2, 0.25) is 11.8 Å². The lowest BCUT2D eigenvalue weighted by Gasteiger charge is -2.31. The summed E-state index contributed by atoms with van der Waals surface area (Å²) in [4.78, 5) is 27.4. The quantitative estimate of drug-likeness (QED) is 0.644. The normalized spacial score (nSPS) is 15.9. The third-order valence-electron chi connectivity index (χ3n) is 5.18. The molecule has 4 nitrogen and oxygen atoms in total. The summed E-state index contributed by atoms with van der Waals surface area (Å²) in [7, 11) is 0. The van der Waals surface area contributed by atoms with E-state index < -0.39 is 6.04 Å². The lowest BCUT2D eigenvalue weighted by Crippen LogP contribution is -2.39. The van der Waals surface area contributed by atoms with Gasteiger partial charge in [0.25, 0.3) is 0 Å². The summed E-state index contributed by atoms with van der Waals surface area (Å²) >= 11 is 6.24. The molecular formula is C24H20ClFN2O2. The second kappa shape index (κ2) is 8.67. The molecule has 152 valence electrons. The highest BCUT2D eigenvalue weighted by Gasteiger charge is 2.33. The fourth-order valence-electron chi connectivity index (χ4n) is 3.75. The van der Waals surface area contributed by atoms with E-state index in [1.54, 1.807) is 35.2 Å². The highest BCUT2D eigenvalue weighted by molar-refractivity contribution is 6.30. The van der Waals surface area contributed by atoms with Crippen molar-refractivity contribution in [3.63, 3.8) is 0 Å². The zero-order valence-electron chi connectivity index (χ0n) is 16.1. The molecule has 0 bridgehead atoms. The van der Waals surface area contributed by atoms with Crippen molar-refractivity contribution in [2.75, 3.05) is 11.9 Å². The van der Waals surface area contributed by atoms with Crippen LogP contribution in [-0.4, -0.2) is 23.3 Å². The number of hydrogen-bond acceptors (Lipinski definition) is 2. The second-order valence-electron chi connectivity index (χ2n) is 7.24. The fourth-order valence-corrected chi connectivity index (χ4v) is 3.93. The fraction of sp³-hybridized carbons (Fsp3) is 0.167. The molecule has 6 heteroatoms. The van der Waals surface area contributed by atoms with Crippen LogP contribution < -0.4 is 5.32 Å². The zero-order chi connectivity index (χ0) is 21.1. The van der Waals surface area contributed by atoms with Crippen LogP contribution in [0.2, 0.25) is 5.02 Å². The number of aryl methyl sites for hydroxylation is 1. The summed E-state index contributed by atoms with van der Waals surface area (Å²) in [6.45, 7) is -0.0953. The van der Waals surface area contributed by atoms with E-state index in [0.717, 1.165) is 5.56 Å². The Kier molecular flexibility index (Phi) is 5.81. The highest BCUT2D eigenvalue weighted by Crippen LogP contribution is 2.37. The average molecular weight is 423 g/mol. The number of anilines is 1. The predicted octanol–water partition coefficient (Wildman–Crippen LogP) is 4.98. The van der Waals surface area contributed by atoms with Gasteiger partial charge in [-0.1, -0.05) is 54.1 Å². The molecule has 2 amide bonds. The number of halogens is 2. The van der Waals surface area contributed by atoms with Crippen LogP contribution >= 0.6 is 11.6 Å². The molecule has 0 fully saturated rings. The van der Waals surface area contributed by atoms with Gasteiger partial charge in [-0.25, -0.2) is 4.39 Å². The van der Waals surface area contributed by atoms with Gasteiger partial charge in [0, 0.05) is 22.7 Å². The number of rotatable bonds is 4. The van der Waals surface area contributed by atoms with Crippen LogP contribution in [0.1, 0.15) is 29.2 Å². The van der Waals surface area contributed by atoms with Crippen molar-refractivity contribution in [3.8, 4) is 0 Å². The van der Waals surface area contributed by atoms with E-state index in [1.165, 1.54) is 12.1 Å². The molecule has 1 aliphatic rings. The number of carbonyl (C=O) groups is 2. The van der Waals surface area contributed by atoms with Crippen molar-refractivity contribution >= 4 is 29.1 Å². The smallest absolute Gasteiger partial charge is 0.244 e. The molecule has 1 aliphatic heterocycles. The van der Waals surface area contributed by atoms with E-state index >= 15 is 0 Å². The summed E-state index contributed by atoms with van der Waals surface area (Å²) in [6, 6.07) is 20.3. The number of hydrogen-bond donors (Lipinski definition) is 1. The minimum Gasteiger partial charge on any atom is -0.324 e. The Morgan fingerprint density at radius 1 is 1.07 bits per heavy atom. The first kappa shape index (κ1) is 20.1. The number of nitrogens with one attached hydrogen (secondary N) is 1. The van der Waals surface area contributed by atoms with Crippen LogP contribution in [0.5, 0.6) is 0 Å². The molecule has 3 aromatic rings. The molecular weight excluding hydrogens is 403 g/mol. The molecule has 4 rings (SSSR count). The van der Waals surface area contributed by atoms with Crippen LogP contribution in [0.4, 0.5) is 10.1 Å². The Balaban J connectivity index is 1.72. The second-order valence-corrected chi connectivity index (χ2v) is 7.68. The maximum atomic E-state index is 13.6. The third kappa shape index (κ3) is 4.36. The van der Waals surface area contributed by atoms with Crippen LogP contribution in [0, 0.1) is 5.82 Å². The monoisotopic (exact) mass is 422 g/mol. The van der Waals surface area contributed by atoms with Gasteiger partial charge in [0.05, 0.1) is 6.04 Å². The Hall–Kier alpha value is -3.18. The number of fused-ring (bicyclic) bond motifs is 1. The van der Waals surface area contributed by atoms with E-state index in [0.29, 0.717) is 28.3 Å². The van der Waals surface area contributed by atoms with Gasteiger partial charge < -0.3 is 10.2 Å². The molecule has 1 heterocycles. The molecule has 1 N–H and O–H groups in total. The van der Waals surface area contributed by atoms with E-state index in [2.05, 4.69) is 5.32 Å². The maximum Gasteiger partial charge on any atom is 0.244 e. The van der Waals surface area contributed by atoms with E-state index in [-0.39, 0.29) is 30.6 Å². The van der Waals surface area contributed by atoms with Crippen molar-refractivity contribution in [1.29, 1.82) is 0 Å². The van der Waals surface area contributed by atoms with Gasteiger partial charge in [-0.15, -0.1) is 0 Å². The van der Waals surface area contributed by atoms with Crippen molar-refractivity contribution in [2.45, 2.75) is 18.9 Å². The Labute approximate surface area is 179 Å². The molecule has 0 spiro atoms. The van der Waals surface area contributed by atoms with Gasteiger partial charge in [-0.3, -0.25) is 9.59 Å². The van der Waals surface area contributed by atoms with Crippen LogP contribution in [-0.2, 0) is 16.0 Å². The highest BCUT2D eigenvalue weighted by atomic mass is 35.5. The predicted molar refractivity (Wildman–Crippen MR) is 115 cm³/mol. The number of nitrogens with zero attached hydrogens (tertiary/aromatic N) is 1. The molecule has 0 aliphatic carbocycles. The van der Waals surface area contributed by atoms with E-state index in [1.807, 2.05) is 30.3 Å². The molecule has 30 heavy (non-hydrogen) atoms. The first-order valence-corrected chi connectivity index (χ1v) is 10.1. The summed E-state index contributed by atoms with van der Waals surface area (Å²) in [6.07, 6.45) is 0.821. The average Bonchev–Trinajstić information content (AvgIpc) is 2.89. The minimum absolute atomic E-state index is 0.0953. The first-order valence-electron chi connectivity index (χ1n) is 9.69. The summed E-state index contributed by atoms with van der Waals surface area (Å²) in [5, 5.41) is 3.35. The van der Waals surface area contributed by atoms with Crippen LogP contribution in [0.3, 0.4) is 0 Å². The molecule has 0 saturated carbocycles. The lowest BCUT2D eigenvalue weighted by molar-refractivity contribution is -0.136. The van der Waals surface area contributed by atoms with Crippen LogP contribution in [0.25, 0.3) is 0 Å². The Bertz CT molecular complexity index is 1070. The van der Waals surface area contributed by atoms with E-state index in [9.17, 15) is 14.0 Å². The van der Waals surface area contributed by atoms with Gasteiger partial charge in [0.1, 0.15) is 12.4 Å². The summed E-state index contributed by atoms with van der Waals surface area (Å²) < 4.78 is 13.6. The Morgan fingerprint density at radius 2 is 1.80 bits per heavy atom. The van der Waals surface area contributed by atoms with Crippen molar-refractivity contribution in [1.82, 2.24) is 4.90 Å². The maximum absolute atomic E-state index is 13.6. The third-order valence-corrected chi connectivity index (χ3v) is 5.42. The lowest BCUT2D eigenvalue weighted by atomic mass is 9.95. The van der Waals surface area contributed by atoms with Crippen molar-refractivity contribution in [3.05, 3.63) is 100 Å². The van der Waals surface area contributed by atoms with Gasteiger partial charge >= 0.3 is 0 Å². The number of benzene rings is 3. The topological polar surface area (TPSA) is 49.4 Å². The molecule has 0 radical (unpaired) electrons. The Morgan fingerprint density at radius 3 is 2.53 bits per heavy atom. The van der Waals surface area contributed by atoms with Gasteiger partial charge in [-0.2, -0.15) is 0 Å². The van der Waals surface area contributed by atoms with Gasteiger partial charge in [0.15, 0.2) is 0 Å². The standard InChI is InChI=1S/C24H20ClFN2O2/c25-18-9-12-21-20(14-18)24(17-7-10-19(26)11-8-17)28(15-22(29)27-21)23(30)13-6-16-4-2-1-3-5-16/h1-5,7-12,14,24H,6,13,15H2,(H,27,29)/t24-/m1/s1. The number of amides is 2. The molecule has 1 atom stereocenters. The summed E-state index contributed by atoms with van der Waals surface area (Å²) in [5.74, 6) is -0.803. The number of carbonyl (C=O) groups excluding carboxylic acids is 2. The molecule has 0 unspecified atom stereocenters. The first-order chi connectivity index (χ1) is 14.5. The van der Waals surface area contributed by atoms with Crippen molar-refractivity contribution < 1.29 is 14.0 Å².